The number of nitrogens with zero attached hydrogens (tertiary/aromatic N) is 2. The van der Waals surface area contributed by atoms with Gasteiger partial charge in [-0.2, -0.15) is 0 Å². The normalized spacial score (nSPS) is 35.2. The molecule has 3 rings (SSSR count). The van der Waals surface area contributed by atoms with Gasteiger partial charge in [-0.1, -0.05) is 6.92 Å². The SMILES string of the molecule is CC1CN(C2CCN(C3CC3)C2)C(=O)NC1=O. The summed E-state index contributed by atoms with van der Waals surface area (Å²) in [6, 6.07) is 0.869. The van der Waals surface area contributed by atoms with Gasteiger partial charge in [0.1, 0.15) is 0 Å². The second-order valence-corrected chi connectivity index (χ2v) is 5.52. The molecule has 3 aliphatic rings. The highest BCUT2D eigenvalue weighted by molar-refractivity contribution is 5.97. The first kappa shape index (κ1) is 11.0. The van der Waals surface area contributed by atoms with E-state index in [4.69, 9.17) is 0 Å². The van der Waals surface area contributed by atoms with Gasteiger partial charge in [-0.05, 0) is 19.3 Å². The van der Waals surface area contributed by atoms with Crippen LogP contribution in [0, 0.1) is 5.92 Å². The molecule has 0 aromatic carbocycles. The first-order chi connectivity index (χ1) is 8.15. The van der Waals surface area contributed by atoms with Gasteiger partial charge in [0.15, 0.2) is 0 Å². The third kappa shape index (κ3) is 2.04. The van der Waals surface area contributed by atoms with E-state index >= 15 is 0 Å². The topological polar surface area (TPSA) is 52.6 Å². The summed E-state index contributed by atoms with van der Waals surface area (Å²) in [6.45, 7) is 4.54. The minimum absolute atomic E-state index is 0.0809. The Labute approximate surface area is 101 Å². The molecule has 2 unspecified atom stereocenters. The molecule has 5 heteroatoms. The standard InChI is InChI=1S/C12H19N3O2/c1-8-6-15(12(17)13-11(8)16)10-4-5-14(7-10)9-2-3-9/h8-10H,2-7H2,1H3,(H,13,16,17). The van der Waals surface area contributed by atoms with Crippen LogP contribution in [0.2, 0.25) is 0 Å². The van der Waals surface area contributed by atoms with Crippen molar-refractivity contribution in [3.63, 3.8) is 0 Å². The van der Waals surface area contributed by atoms with Crippen molar-refractivity contribution in [1.29, 1.82) is 0 Å². The maximum Gasteiger partial charge on any atom is 0.324 e. The summed E-state index contributed by atoms with van der Waals surface area (Å²) >= 11 is 0. The Morgan fingerprint density at radius 3 is 2.59 bits per heavy atom. The molecule has 17 heavy (non-hydrogen) atoms. The van der Waals surface area contributed by atoms with Gasteiger partial charge in [0.25, 0.3) is 0 Å². The molecule has 5 nitrogen and oxygen atoms in total. The van der Waals surface area contributed by atoms with Crippen molar-refractivity contribution >= 4 is 11.9 Å². The van der Waals surface area contributed by atoms with Crippen LogP contribution in [0.25, 0.3) is 0 Å². The van der Waals surface area contributed by atoms with Gasteiger partial charge in [-0.25, -0.2) is 4.79 Å². The van der Waals surface area contributed by atoms with Crippen molar-refractivity contribution in [3.05, 3.63) is 0 Å². The molecule has 2 aliphatic heterocycles. The van der Waals surface area contributed by atoms with Crippen LogP contribution in [0.1, 0.15) is 26.2 Å². The number of imide groups is 1. The third-order valence-electron chi connectivity index (χ3n) is 4.11. The highest BCUT2D eigenvalue weighted by Gasteiger charge is 2.40. The van der Waals surface area contributed by atoms with E-state index in [9.17, 15) is 9.59 Å². The van der Waals surface area contributed by atoms with Crippen molar-refractivity contribution < 1.29 is 9.59 Å². The minimum atomic E-state index is -0.198. The monoisotopic (exact) mass is 237 g/mol. The number of urea groups is 1. The smallest absolute Gasteiger partial charge is 0.319 e. The van der Waals surface area contributed by atoms with Gasteiger partial charge in [0, 0.05) is 31.7 Å². The van der Waals surface area contributed by atoms with E-state index in [-0.39, 0.29) is 17.9 Å². The molecule has 94 valence electrons. The molecule has 0 aromatic heterocycles. The molecule has 0 aromatic rings. The highest BCUT2D eigenvalue weighted by atomic mass is 16.2. The van der Waals surface area contributed by atoms with E-state index in [1.807, 2.05) is 11.8 Å². The Kier molecular flexibility index (Phi) is 2.58. The Bertz CT molecular complexity index is 354. The van der Waals surface area contributed by atoms with Crippen LogP contribution >= 0.6 is 0 Å². The van der Waals surface area contributed by atoms with Crippen LogP contribution in [-0.2, 0) is 4.79 Å². The van der Waals surface area contributed by atoms with E-state index in [0.717, 1.165) is 25.6 Å². The van der Waals surface area contributed by atoms with E-state index in [2.05, 4.69) is 10.2 Å². The zero-order valence-corrected chi connectivity index (χ0v) is 10.2. The molecule has 2 heterocycles. The maximum atomic E-state index is 11.8. The van der Waals surface area contributed by atoms with E-state index in [1.54, 1.807) is 0 Å². The third-order valence-corrected chi connectivity index (χ3v) is 4.11. The van der Waals surface area contributed by atoms with Crippen LogP contribution in [-0.4, -0.2) is 53.5 Å². The maximum absolute atomic E-state index is 11.8. The molecule has 1 aliphatic carbocycles. The van der Waals surface area contributed by atoms with Crippen molar-refractivity contribution in [2.24, 2.45) is 5.92 Å². The quantitative estimate of drug-likeness (QED) is 0.757. The van der Waals surface area contributed by atoms with Crippen LogP contribution < -0.4 is 5.32 Å². The number of likely N-dealkylation sites (tertiary alicyclic amines) is 1. The number of hydrogen-bond acceptors (Lipinski definition) is 3. The Balaban J connectivity index is 1.63. The number of carbonyl (C=O) groups is 2. The van der Waals surface area contributed by atoms with Crippen molar-refractivity contribution in [2.75, 3.05) is 19.6 Å². The molecular weight excluding hydrogens is 218 g/mol. The Hall–Kier alpha value is -1.10. The second-order valence-electron chi connectivity index (χ2n) is 5.52. The minimum Gasteiger partial charge on any atom is -0.319 e. The summed E-state index contributed by atoms with van der Waals surface area (Å²) in [5.74, 6) is -0.217. The fourth-order valence-corrected chi connectivity index (χ4v) is 2.87. The summed E-state index contributed by atoms with van der Waals surface area (Å²) < 4.78 is 0. The zero-order valence-electron chi connectivity index (χ0n) is 10.2. The molecule has 0 radical (unpaired) electrons. The molecule has 1 N–H and O–H groups in total. The summed E-state index contributed by atoms with van der Waals surface area (Å²) in [5, 5.41) is 2.45. The summed E-state index contributed by atoms with van der Waals surface area (Å²) in [4.78, 5) is 27.5. The van der Waals surface area contributed by atoms with Gasteiger partial charge < -0.3 is 4.90 Å². The molecule has 2 atom stereocenters. The molecule has 2 saturated heterocycles. The van der Waals surface area contributed by atoms with Crippen LogP contribution in [0.15, 0.2) is 0 Å². The summed E-state index contributed by atoms with van der Waals surface area (Å²) in [7, 11) is 0. The molecule has 0 spiro atoms. The van der Waals surface area contributed by atoms with Crippen molar-refractivity contribution in [3.8, 4) is 0 Å². The average molecular weight is 237 g/mol. The van der Waals surface area contributed by atoms with Crippen LogP contribution in [0.4, 0.5) is 4.79 Å². The van der Waals surface area contributed by atoms with E-state index in [0.29, 0.717) is 12.6 Å². The summed E-state index contributed by atoms with van der Waals surface area (Å²) in [6.07, 6.45) is 3.67. The van der Waals surface area contributed by atoms with Gasteiger partial charge in [-0.3, -0.25) is 15.0 Å². The number of hydrogen-bond donors (Lipinski definition) is 1. The fourth-order valence-electron chi connectivity index (χ4n) is 2.87. The Morgan fingerprint density at radius 2 is 1.88 bits per heavy atom. The lowest BCUT2D eigenvalue weighted by molar-refractivity contribution is -0.125. The van der Waals surface area contributed by atoms with E-state index < -0.39 is 0 Å². The average Bonchev–Trinajstić information content (AvgIpc) is 3.03. The largest absolute Gasteiger partial charge is 0.324 e. The predicted molar refractivity (Wildman–Crippen MR) is 62.4 cm³/mol. The van der Waals surface area contributed by atoms with Crippen molar-refractivity contribution in [2.45, 2.75) is 38.3 Å². The van der Waals surface area contributed by atoms with Crippen LogP contribution in [0.3, 0.4) is 0 Å². The van der Waals surface area contributed by atoms with Gasteiger partial charge in [0.05, 0.1) is 5.92 Å². The fraction of sp³-hybridized carbons (Fsp3) is 0.833. The number of nitrogens with one attached hydrogen (secondary N) is 1. The first-order valence-electron chi connectivity index (χ1n) is 6.50. The molecule has 0 bridgehead atoms. The lowest BCUT2D eigenvalue weighted by Gasteiger charge is -2.34. The molecular formula is C12H19N3O2. The Morgan fingerprint density at radius 1 is 1.12 bits per heavy atom. The van der Waals surface area contributed by atoms with Gasteiger partial charge in [0.2, 0.25) is 5.91 Å². The van der Waals surface area contributed by atoms with Crippen LogP contribution in [0.5, 0.6) is 0 Å². The zero-order chi connectivity index (χ0) is 12.0. The van der Waals surface area contributed by atoms with Crippen molar-refractivity contribution in [1.82, 2.24) is 15.1 Å². The number of rotatable bonds is 2. The van der Waals surface area contributed by atoms with E-state index in [1.165, 1.54) is 12.8 Å². The number of amides is 3. The molecule has 3 fully saturated rings. The summed E-state index contributed by atoms with van der Waals surface area (Å²) in [5.41, 5.74) is 0. The lowest BCUT2D eigenvalue weighted by Crippen LogP contribution is -2.57. The molecule has 1 saturated carbocycles. The molecule has 3 amide bonds. The first-order valence-corrected chi connectivity index (χ1v) is 6.50. The lowest BCUT2D eigenvalue weighted by atomic mass is 10.1. The highest BCUT2D eigenvalue weighted by Crippen LogP contribution is 2.31. The predicted octanol–water partition coefficient (Wildman–Crippen LogP) is 0.411. The second kappa shape index (κ2) is 3.98. The number of carbonyl (C=O) groups excluding carboxylic acids is 2. The van der Waals surface area contributed by atoms with Gasteiger partial charge in [-0.15, -0.1) is 0 Å². The van der Waals surface area contributed by atoms with Gasteiger partial charge >= 0.3 is 6.03 Å².